The van der Waals surface area contributed by atoms with E-state index in [9.17, 15) is 4.79 Å². The monoisotopic (exact) mass is 363 g/mol. The molecule has 0 N–H and O–H groups in total. The lowest BCUT2D eigenvalue weighted by Crippen LogP contribution is -2.54. The zero-order valence-corrected chi connectivity index (χ0v) is 14.8. The first kappa shape index (κ1) is 16.7. The lowest BCUT2D eigenvalue weighted by atomic mass is 9.90. The van der Waals surface area contributed by atoms with Gasteiger partial charge in [-0.05, 0) is 36.6 Å². The van der Waals surface area contributed by atoms with Crippen LogP contribution in [0.2, 0.25) is 5.02 Å². The molecule has 1 amide bonds. The number of carbonyl (C=O) groups is 1. The molecule has 2 atom stereocenters. The predicted octanol–water partition coefficient (Wildman–Crippen LogP) is 3.29. The summed E-state index contributed by atoms with van der Waals surface area (Å²) in [5.74, 6) is 1.24. The van der Waals surface area contributed by atoms with E-state index in [1.54, 1.807) is 18.2 Å². The minimum atomic E-state index is 0.0335. The summed E-state index contributed by atoms with van der Waals surface area (Å²) in [5.41, 5.74) is 0.830. The summed E-state index contributed by atoms with van der Waals surface area (Å²) in [6.45, 7) is 2.29. The molecular weight excluding hydrogens is 342 g/mol. The summed E-state index contributed by atoms with van der Waals surface area (Å²) in [6, 6.07) is 3.86. The Morgan fingerprint density at radius 1 is 1.16 bits per heavy atom. The Morgan fingerprint density at radius 3 is 2.92 bits per heavy atom. The second kappa shape index (κ2) is 7.26. The molecule has 1 aromatic rings. The SMILES string of the molecule is O=C(/C=C/c1cc(Cl)c2c(c1)OCCO2)N1CCOC2CCCCC21. The number of morpholine rings is 1. The maximum atomic E-state index is 12.7. The van der Waals surface area contributed by atoms with Crippen molar-refractivity contribution in [3.8, 4) is 11.5 Å². The molecule has 1 saturated carbocycles. The second-order valence-corrected chi connectivity index (χ2v) is 7.06. The molecule has 5 nitrogen and oxygen atoms in total. The Balaban J connectivity index is 1.49. The number of amides is 1. The molecule has 0 radical (unpaired) electrons. The van der Waals surface area contributed by atoms with Crippen molar-refractivity contribution < 1.29 is 19.0 Å². The highest BCUT2D eigenvalue weighted by molar-refractivity contribution is 6.32. The van der Waals surface area contributed by atoms with Crippen LogP contribution in [0, 0.1) is 0 Å². The van der Waals surface area contributed by atoms with Crippen molar-refractivity contribution in [2.75, 3.05) is 26.4 Å². The number of carbonyl (C=O) groups excluding carboxylic acids is 1. The summed E-state index contributed by atoms with van der Waals surface area (Å²) >= 11 is 6.25. The summed E-state index contributed by atoms with van der Waals surface area (Å²) in [4.78, 5) is 14.7. The van der Waals surface area contributed by atoms with Crippen molar-refractivity contribution in [3.05, 3.63) is 28.8 Å². The fourth-order valence-corrected chi connectivity index (χ4v) is 4.13. The number of fused-ring (bicyclic) bond motifs is 2. The van der Waals surface area contributed by atoms with Gasteiger partial charge in [-0.15, -0.1) is 0 Å². The Bertz CT molecular complexity index is 688. The van der Waals surface area contributed by atoms with Crippen molar-refractivity contribution in [1.29, 1.82) is 0 Å². The summed E-state index contributed by atoms with van der Waals surface area (Å²) in [7, 11) is 0. The van der Waals surface area contributed by atoms with E-state index in [1.165, 1.54) is 6.42 Å². The lowest BCUT2D eigenvalue weighted by molar-refractivity contribution is -0.144. The standard InChI is InChI=1S/C19H22ClNO4/c20-14-11-13(12-17-19(14)25-10-9-24-17)5-6-18(22)21-7-8-23-16-4-2-1-3-15(16)21/h5-6,11-12,15-16H,1-4,7-10H2/b6-5+. The van der Waals surface area contributed by atoms with Crippen LogP contribution in [-0.2, 0) is 9.53 Å². The number of benzene rings is 1. The van der Waals surface area contributed by atoms with E-state index < -0.39 is 0 Å². The normalized spacial score (nSPS) is 25.7. The van der Waals surface area contributed by atoms with Crippen molar-refractivity contribution in [3.63, 3.8) is 0 Å². The van der Waals surface area contributed by atoms with Gasteiger partial charge in [0.25, 0.3) is 0 Å². The van der Waals surface area contributed by atoms with Crippen molar-refractivity contribution >= 4 is 23.6 Å². The van der Waals surface area contributed by atoms with Crippen LogP contribution in [0.3, 0.4) is 0 Å². The average Bonchev–Trinajstić information content (AvgIpc) is 2.66. The van der Waals surface area contributed by atoms with Gasteiger partial charge in [0, 0.05) is 12.6 Å². The smallest absolute Gasteiger partial charge is 0.246 e. The van der Waals surface area contributed by atoms with Gasteiger partial charge in [-0.1, -0.05) is 24.4 Å². The highest BCUT2D eigenvalue weighted by atomic mass is 35.5. The molecule has 1 aliphatic carbocycles. The van der Waals surface area contributed by atoms with E-state index in [0.29, 0.717) is 42.9 Å². The van der Waals surface area contributed by atoms with Gasteiger partial charge in [0.15, 0.2) is 11.5 Å². The Morgan fingerprint density at radius 2 is 2.00 bits per heavy atom. The average molecular weight is 364 g/mol. The molecule has 0 bridgehead atoms. The molecule has 0 aromatic heterocycles. The molecular formula is C19H22ClNO4. The molecule has 1 saturated heterocycles. The van der Waals surface area contributed by atoms with Gasteiger partial charge in [0.2, 0.25) is 5.91 Å². The third-order valence-electron chi connectivity index (χ3n) is 5.05. The molecule has 2 heterocycles. The molecule has 6 heteroatoms. The van der Waals surface area contributed by atoms with Crippen LogP contribution in [-0.4, -0.2) is 49.3 Å². The van der Waals surface area contributed by atoms with Gasteiger partial charge < -0.3 is 19.1 Å². The first-order valence-corrected chi connectivity index (χ1v) is 9.29. The Hall–Kier alpha value is -1.72. The van der Waals surface area contributed by atoms with E-state index in [0.717, 1.165) is 24.8 Å². The minimum Gasteiger partial charge on any atom is -0.486 e. The molecule has 25 heavy (non-hydrogen) atoms. The van der Waals surface area contributed by atoms with Crippen molar-refractivity contribution in [2.24, 2.45) is 0 Å². The van der Waals surface area contributed by atoms with Gasteiger partial charge >= 0.3 is 0 Å². The van der Waals surface area contributed by atoms with Gasteiger partial charge in [0.05, 0.1) is 23.8 Å². The molecule has 4 rings (SSSR count). The molecule has 0 spiro atoms. The van der Waals surface area contributed by atoms with Crippen molar-refractivity contribution in [2.45, 2.75) is 37.8 Å². The zero-order chi connectivity index (χ0) is 17.2. The number of nitrogens with zero attached hydrogens (tertiary/aromatic N) is 1. The number of hydrogen-bond acceptors (Lipinski definition) is 4. The second-order valence-electron chi connectivity index (χ2n) is 6.65. The highest BCUT2D eigenvalue weighted by Crippen LogP contribution is 2.38. The van der Waals surface area contributed by atoms with E-state index >= 15 is 0 Å². The van der Waals surface area contributed by atoms with Gasteiger partial charge in [-0.2, -0.15) is 0 Å². The molecule has 3 aliphatic rings. The molecule has 2 aliphatic heterocycles. The van der Waals surface area contributed by atoms with Gasteiger partial charge in [-0.3, -0.25) is 4.79 Å². The van der Waals surface area contributed by atoms with Crippen LogP contribution in [0.25, 0.3) is 6.08 Å². The highest BCUT2D eigenvalue weighted by Gasteiger charge is 2.35. The van der Waals surface area contributed by atoms with Crippen LogP contribution >= 0.6 is 11.6 Å². The van der Waals surface area contributed by atoms with Crippen LogP contribution < -0.4 is 9.47 Å². The largest absolute Gasteiger partial charge is 0.486 e. The molecule has 1 aromatic carbocycles. The lowest BCUT2D eigenvalue weighted by Gasteiger charge is -2.43. The summed E-state index contributed by atoms with van der Waals surface area (Å²) in [6.07, 6.45) is 8.04. The third-order valence-corrected chi connectivity index (χ3v) is 5.33. The van der Waals surface area contributed by atoms with E-state index in [4.69, 9.17) is 25.8 Å². The van der Waals surface area contributed by atoms with Crippen LogP contribution in [0.4, 0.5) is 0 Å². The maximum absolute atomic E-state index is 12.7. The summed E-state index contributed by atoms with van der Waals surface area (Å²) in [5, 5.41) is 0.503. The Labute approximate surface area is 152 Å². The van der Waals surface area contributed by atoms with E-state index in [2.05, 4.69) is 0 Å². The Kier molecular flexibility index (Phi) is 4.86. The number of ether oxygens (including phenoxy) is 3. The first-order valence-electron chi connectivity index (χ1n) is 8.92. The van der Waals surface area contributed by atoms with E-state index in [1.807, 2.05) is 11.0 Å². The van der Waals surface area contributed by atoms with Crippen LogP contribution in [0.1, 0.15) is 31.2 Å². The molecule has 2 fully saturated rings. The fourth-order valence-electron chi connectivity index (χ4n) is 3.86. The maximum Gasteiger partial charge on any atom is 0.246 e. The van der Waals surface area contributed by atoms with Crippen LogP contribution in [0.15, 0.2) is 18.2 Å². The van der Waals surface area contributed by atoms with E-state index in [-0.39, 0.29) is 18.1 Å². The fraction of sp³-hybridized carbons (Fsp3) is 0.526. The number of halogens is 1. The minimum absolute atomic E-state index is 0.0335. The van der Waals surface area contributed by atoms with Gasteiger partial charge in [0.1, 0.15) is 13.2 Å². The molecule has 2 unspecified atom stereocenters. The predicted molar refractivity (Wildman–Crippen MR) is 95.2 cm³/mol. The van der Waals surface area contributed by atoms with Crippen molar-refractivity contribution in [1.82, 2.24) is 4.90 Å². The zero-order valence-electron chi connectivity index (χ0n) is 14.1. The van der Waals surface area contributed by atoms with Crippen LogP contribution in [0.5, 0.6) is 11.5 Å². The first-order chi connectivity index (χ1) is 12.2. The summed E-state index contributed by atoms with van der Waals surface area (Å²) < 4.78 is 16.9. The van der Waals surface area contributed by atoms with Gasteiger partial charge in [-0.25, -0.2) is 0 Å². The number of rotatable bonds is 2. The molecule has 134 valence electrons. The topological polar surface area (TPSA) is 48.0 Å². The third kappa shape index (κ3) is 3.48. The quantitative estimate of drug-likeness (QED) is 0.756. The number of hydrogen-bond donors (Lipinski definition) is 0.